The van der Waals surface area contributed by atoms with E-state index in [1.807, 2.05) is 16.5 Å². The fraction of sp³-hybridized carbons (Fsp3) is 0.478. The molecule has 0 bridgehead atoms. The minimum absolute atomic E-state index is 0.0999. The molecule has 1 saturated heterocycles. The first-order valence-electron chi connectivity index (χ1n) is 10.5. The summed E-state index contributed by atoms with van der Waals surface area (Å²) in [5.41, 5.74) is 3.20. The van der Waals surface area contributed by atoms with E-state index in [0.717, 1.165) is 61.8 Å². The topological polar surface area (TPSA) is 33.4 Å². The van der Waals surface area contributed by atoms with Crippen LogP contribution in [0.15, 0.2) is 36.5 Å². The summed E-state index contributed by atoms with van der Waals surface area (Å²) >= 11 is 6.71. The van der Waals surface area contributed by atoms with Crippen LogP contribution in [0.5, 0.6) is 0 Å². The van der Waals surface area contributed by atoms with Gasteiger partial charge in [0.25, 0.3) is 0 Å². The number of pyridine rings is 1. The highest BCUT2D eigenvalue weighted by atomic mass is 35.5. The van der Waals surface area contributed by atoms with Gasteiger partial charge in [0.1, 0.15) is 11.6 Å². The summed E-state index contributed by atoms with van der Waals surface area (Å²) < 4.78 is 15.3. The molecule has 6 heteroatoms. The molecule has 1 aromatic carbocycles. The van der Waals surface area contributed by atoms with Crippen molar-refractivity contribution in [3.05, 3.63) is 64.3 Å². The third-order valence-corrected chi connectivity index (χ3v) is 7.14. The Bertz CT molecular complexity index is 1020. The van der Waals surface area contributed by atoms with Crippen molar-refractivity contribution < 1.29 is 4.39 Å². The van der Waals surface area contributed by atoms with Gasteiger partial charge in [-0.2, -0.15) is 0 Å². The van der Waals surface area contributed by atoms with Gasteiger partial charge < -0.3 is 0 Å². The van der Waals surface area contributed by atoms with Crippen LogP contribution in [-0.2, 0) is 18.4 Å². The summed E-state index contributed by atoms with van der Waals surface area (Å²) in [4.78, 5) is 2.45. The van der Waals surface area contributed by atoms with Crippen molar-refractivity contribution >= 4 is 17.2 Å². The maximum Gasteiger partial charge on any atom is 0.179 e. The minimum Gasteiger partial charge on any atom is -0.299 e. The zero-order chi connectivity index (χ0) is 20.0. The molecule has 3 heterocycles. The highest BCUT2D eigenvalue weighted by Gasteiger charge is 2.32. The Balaban J connectivity index is 1.28. The van der Waals surface area contributed by atoms with Crippen molar-refractivity contribution in [2.24, 2.45) is 5.92 Å². The van der Waals surface area contributed by atoms with Crippen LogP contribution in [0.1, 0.15) is 49.6 Å². The summed E-state index contributed by atoms with van der Waals surface area (Å²) in [7, 11) is 0. The van der Waals surface area contributed by atoms with Crippen molar-refractivity contribution in [1.29, 1.82) is 0 Å². The fourth-order valence-electron chi connectivity index (χ4n) is 4.44. The van der Waals surface area contributed by atoms with E-state index >= 15 is 0 Å². The average Bonchev–Trinajstić information content (AvgIpc) is 3.44. The van der Waals surface area contributed by atoms with E-state index in [-0.39, 0.29) is 11.2 Å². The molecule has 2 fully saturated rings. The molecule has 0 unspecified atom stereocenters. The zero-order valence-corrected chi connectivity index (χ0v) is 17.5. The monoisotopic (exact) mass is 412 g/mol. The summed E-state index contributed by atoms with van der Waals surface area (Å²) in [6.45, 7) is 5.10. The Hall–Kier alpha value is -1.98. The van der Waals surface area contributed by atoms with Gasteiger partial charge in [-0.3, -0.25) is 9.30 Å². The van der Waals surface area contributed by atoms with Gasteiger partial charge in [-0.25, -0.2) is 4.39 Å². The number of likely N-dealkylation sites (tertiary alicyclic amines) is 1. The second-order valence-electron chi connectivity index (χ2n) is 8.96. The Morgan fingerprint density at radius 1 is 1.10 bits per heavy atom. The van der Waals surface area contributed by atoms with Gasteiger partial charge >= 0.3 is 0 Å². The predicted molar refractivity (Wildman–Crippen MR) is 113 cm³/mol. The molecular formula is C23H26ClFN4. The van der Waals surface area contributed by atoms with Crippen LogP contribution in [0.25, 0.3) is 5.65 Å². The van der Waals surface area contributed by atoms with Crippen LogP contribution in [0.4, 0.5) is 4.39 Å². The molecule has 152 valence electrons. The van der Waals surface area contributed by atoms with Crippen molar-refractivity contribution in [2.45, 2.75) is 51.0 Å². The number of aromatic nitrogens is 3. The molecule has 1 saturated carbocycles. The van der Waals surface area contributed by atoms with E-state index in [4.69, 9.17) is 11.6 Å². The van der Waals surface area contributed by atoms with Gasteiger partial charge in [0.05, 0.1) is 5.02 Å². The van der Waals surface area contributed by atoms with Gasteiger partial charge in [0.2, 0.25) is 0 Å². The van der Waals surface area contributed by atoms with Gasteiger partial charge in [-0.05, 0) is 79.4 Å². The summed E-state index contributed by atoms with van der Waals surface area (Å²) in [6, 6.07) is 9.11. The van der Waals surface area contributed by atoms with Crippen LogP contribution >= 0.6 is 11.6 Å². The molecule has 1 aliphatic carbocycles. The quantitative estimate of drug-likeness (QED) is 0.589. The minimum atomic E-state index is -0.173. The molecule has 29 heavy (non-hydrogen) atoms. The SMILES string of the molecule is CC1(c2ccc(F)cc2)CCN(Cc2ccn3c(CC4CC4)nnc3c2Cl)CC1. The summed E-state index contributed by atoms with van der Waals surface area (Å²) in [6.07, 6.45) is 7.76. The molecule has 4 nitrogen and oxygen atoms in total. The largest absolute Gasteiger partial charge is 0.299 e. The third-order valence-electron chi connectivity index (χ3n) is 6.73. The van der Waals surface area contributed by atoms with E-state index < -0.39 is 0 Å². The lowest BCUT2D eigenvalue weighted by molar-refractivity contribution is 0.162. The van der Waals surface area contributed by atoms with Crippen molar-refractivity contribution in [2.75, 3.05) is 13.1 Å². The molecule has 2 aromatic heterocycles. The number of rotatable bonds is 5. The van der Waals surface area contributed by atoms with Crippen molar-refractivity contribution in [3.63, 3.8) is 0 Å². The maximum atomic E-state index is 13.3. The molecule has 0 radical (unpaired) electrons. The zero-order valence-electron chi connectivity index (χ0n) is 16.7. The number of halogens is 2. The number of nitrogens with zero attached hydrogens (tertiary/aromatic N) is 4. The Labute approximate surface area is 175 Å². The first-order valence-corrected chi connectivity index (χ1v) is 10.9. The Morgan fingerprint density at radius 3 is 2.52 bits per heavy atom. The Kier molecular flexibility index (Phi) is 4.83. The molecule has 0 N–H and O–H groups in total. The number of hydrogen-bond donors (Lipinski definition) is 0. The first kappa shape index (κ1) is 19.0. The van der Waals surface area contributed by atoms with Crippen LogP contribution in [-0.4, -0.2) is 32.6 Å². The highest BCUT2D eigenvalue weighted by molar-refractivity contribution is 6.34. The van der Waals surface area contributed by atoms with E-state index in [0.29, 0.717) is 5.02 Å². The number of piperidine rings is 1. The van der Waals surface area contributed by atoms with E-state index in [2.05, 4.69) is 34.3 Å². The van der Waals surface area contributed by atoms with Crippen molar-refractivity contribution in [3.8, 4) is 0 Å². The maximum absolute atomic E-state index is 13.3. The lowest BCUT2D eigenvalue weighted by Crippen LogP contribution is -2.40. The Morgan fingerprint density at radius 2 is 1.83 bits per heavy atom. The molecule has 3 aromatic rings. The second-order valence-corrected chi connectivity index (χ2v) is 9.33. The molecule has 5 rings (SSSR count). The van der Waals surface area contributed by atoms with Gasteiger partial charge in [0.15, 0.2) is 5.65 Å². The van der Waals surface area contributed by atoms with Gasteiger partial charge in [-0.1, -0.05) is 30.7 Å². The second kappa shape index (κ2) is 7.37. The van der Waals surface area contributed by atoms with E-state index in [1.165, 1.54) is 18.4 Å². The van der Waals surface area contributed by atoms with Crippen molar-refractivity contribution in [1.82, 2.24) is 19.5 Å². The molecule has 2 aliphatic rings. The number of fused-ring (bicyclic) bond motifs is 1. The summed E-state index contributed by atoms with van der Waals surface area (Å²) in [5, 5.41) is 9.44. The van der Waals surface area contributed by atoms with Crippen LogP contribution in [0.2, 0.25) is 5.02 Å². The summed E-state index contributed by atoms with van der Waals surface area (Å²) in [5.74, 6) is 1.61. The highest BCUT2D eigenvalue weighted by Crippen LogP contribution is 2.36. The number of benzene rings is 1. The lowest BCUT2D eigenvalue weighted by Gasteiger charge is -2.40. The average molecular weight is 413 g/mol. The molecule has 1 aliphatic heterocycles. The van der Waals surface area contributed by atoms with E-state index in [9.17, 15) is 4.39 Å². The fourth-order valence-corrected chi connectivity index (χ4v) is 4.69. The normalized spacial score (nSPS) is 19.7. The smallest absolute Gasteiger partial charge is 0.179 e. The van der Waals surface area contributed by atoms with E-state index in [1.54, 1.807) is 12.1 Å². The van der Waals surface area contributed by atoms with Crippen LogP contribution in [0, 0.1) is 11.7 Å². The third kappa shape index (κ3) is 3.78. The standard InChI is InChI=1S/C23H26ClFN4/c1-23(18-4-6-19(25)7-5-18)9-12-28(13-10-23)15-17-8-11-29-20(14-16-2-3-16)26-27-22(29)21(17)24/h4-8,11,16H,2-3,9-10,12-15H2,1H3. The molecule has 0 amide bonds. The van der Waals surface area contributed by atoms with Crippen LogP contribution in [0.3, 0.4) is 0 Å². The first-order chi connectivity index (χ1) is 14.0. The van der Waals surface area contributed by atoms with Gasteiger partial charge in [-0.15, -0.1) is 10.2 Å². The van der Waals surface area contributed by atoms with Gasteiger partial charge in [0, 0.05) is 19.2 Å². The molecule has 0 spiro atoms. The lowest BCUT2D eigenvalue weighted by atomic mass is 9.74. The number of hydrogen-bond acceptors (Lipinski definition) is 3. The van der Waals surface area contributed by atoms with Crippen LogP contribution < -0.4 is 0 Å². The molecule has 0 atom stereocenters. The molecular weight excluding hydrogens is 387 g/mol. The predicted octanol–water partition coefficient (Wildman–Crippen LogP) is 5.03.